The average molecular weight is 656 g/mol. The highest BCUT2D eigenvalue weighted by atomic mass is 79.9. The van der Waals surface area contributed by atoms with Crippen molar-refractivity contribution in [2.75, 3.05) is 0 Å². The number of thioether (sulfide) groups is 1. The second-order valence-corrected chi connectivity index (χ2v) is 12.8. The van der Waals surface area contributed by atoms with E-state index in [9.17, 15) is 30.2 Å². The van der Waals surface area contributed by atoms with Crippen LogP contribution in [0.2, 0.25) is 0 Å². The molecule has 2 N–H and O–H groups in total. The van der Waals surface area contributed by atoms with Gasteiger partial charge in [-0.2, -0.15) is 20.5 Å². The lowest BCUT2D eigenvalue weighted by molar-refractivity contribution is 0.0768. The Labute approximate surface area is 217 Å². The van der Waals surface area contributed by atoms with Gasteiger partial charge >= 0.3 is 5.25 Å². The van der Waals surface area contributed by atoms with Crippen LogP contribution in [0.1, 0.15) is 16.7 Å². The maximum atomic E-state index is 13.8. The maximum absolute atomic E-state index is 13.8. The Balaban J connectivity index is 1.66. The van der Waals surface area contributed by atoms with Crippen molar-refractivity contribution in [3.05, 3.63) is 86.3 Å². The zero-order valence-electron chi connectivity index (χ0n) is 17.0. The van der Waals surface area contributed by atoms with Crippen molar-refractivity contribution >= 4 is 63.8 Å². The zero-order valence-corrected chi connectivity index (χ0v) is 22.7. The first kappa shape index (κ1) is 27.2. The maximum Gasteiger partial charge on any atom is 0.360 e. The van der Waals surface area contributed by atoms with Crippen LogP contribution in [0.15, 0.2) is 74.5 Å². The topological polar surface area (TPSA) is 117 Å². The Hall–Kier alpha value is -1.35. The van der Waals surface area contributed by atoms with Gasteiger partial charge in [0.25, 0.3) is 0 Å². The van der Waals surface area contributed by atoms with Crippen LogP contribution in [0, 0.1) is 0 Å². The highest BCUT2D eigenvalue weighted by Crippen LogP contribution is 2.38. The number of hydrogen-bond acceptors (Lipinski definition) is 6. The van der Waals surface area contributed by atoms with Gasteiger partial charge in [-0.25, -0.2) is 22.0 Å². The van der Waals surface area contributed by atoms with E-state index >= 15 is 0 Å². The van der Waals surface area contributed by atoms with Crippen LogP contribution in [0.3, 0.4) is 0 Å². The number of nitrogens with two attached hydrogens (primary N) is 1. The lowest BCUT2D eigenvalue weighted by Crippen LogP contribution is -2.26. The second kappa shape index (κ2) is 10.3. The third-order valence-electron chi connectivity index (χ3n) is 4.72. The number of halogens is 4. The summed E-state index contributed by atoms with van der Waals surface area (Å²) in [5.41, 5.74) is 2.25. The summed E-state index contributed by atoms with van der Waals surface area (Å²) < 4.78 is 83.8. The van der Waals surface area contributed by atoms with Crippen molar-refractivity contribution < 1.29 is 30.2 Å². The Morgan fingerprint density at radius 1 is 0.824 bits per heavy atom. The van der Waals surface area contributed by atoms with Crippen molar-refractivity contribution in [2.24, 2.45) is 5.14 Å². The van der Waals surface area contributed by atoms with E-state index < -0.39 is 31.0 Å². The molecule has 3 aromatic carbocycles. The number of hydrogen-bond donors (Lipinski definition) is 1. The summed E-state index contributed by atoms with van der Waals surface area (Å²) in [5, 5.41) is 0.723. The van der Waals surface area contributed by atoms with Gasteiger partial charge in [-0.3, -0.25) is 0 Å². The molecule has 34 heavy (non-hydrogen) atoms. The van der Waals surface area contributed by atoms with Gasteiger partial charge in [0.15, 0.2) is 10.1 Å². The monoisotopic (exact) mass is 654 g/mol. The molecule has 0 spiro atoms. The third-order valence-corrected chi connectivity index (χ3v) is 9.21. The fourth-order valence-corrected chi connectivity index (χ4v) is 6.75. The van der Waals surface area contributed by atoms with Crippen molar-refractivity contribution in [1.29, 1.82) is 0 Å². The molecule has 6 nitrogen and oxygen atoms in total. The van der Waals surface area contributed by atoms with E-state index in [0.29, 0.717) is 27.1 Å². The molecule has 3 aromatic rings. The van der Waals surface area contributed by atoms with Crippen LogP contribution in [0.5, 0.6) is 0 Å². The van der Waals surface area contributed by atoms with E-state index in [-0.39, 0.29) is 9.37 Å². The Morgan fingerprint density at radius 3 is 1.94 bits per heavy atom. The molecule has 0 saturated carbocycles. The normalized spacial score (nSPS) is 12.6. The first-order valence-corrected chi connectivity index (χ1v) is 15.0. The molecule has 13 heteroatoms. The molecule has 0 radical (unpaired) electrons. The molecule has 3 rings (SSSR count). The van der Waals surface area contributed by atoms with Crippen LogP contribution in [0.25, 0.3) is 11.1 Å². The van der Waals surface area contributed by atoms with E-state index in [2.05, 4.69) is 31.9 Å². The van der Waals surface area contributed by atoms with Crippen LogP contribution < -0.4 is 5.14 Å². The largest absolute Gasteiger partial charge is 0.743 e. The lowest BCUT2D eigenvalue weighted by Gasteiger charge is -2.21. The Morgan fingerprint density at radius 2 is 1.38 bits per heavy atom. The van der Waals surface area contributed by atoms with E-state index in [1.54, 1.807) is 12.1 Å². The Kier molecular flexibility index (Phi) is 8.28. The predicted molar refractivity (Wildman–Crippen MR) is 134 cm³/mol. The minimum absolute atomic E-state index is 0.00701. The number of alkyl halides is 2. The van der Waals surface area contributed by atoms with Crippen LogP contribution in [0.4, 0.5) is 8.78 Å². The first-order valence-electron chi connectivity index (χ1n) is 9.32. The van der Waals surface area contributed by atoms with Crippen molar-refractivity contribution in [2.45, 2.75) is 21.7 Å². The molecule has 0 aromatic heterocycles. The summed E-state index contributed by atoms with van der Waals surface area (Å²) >= 11 is 7.61. The average Bonchev–Trinajstić information content (AvgIpc) is 2.73. The van der Waals surface area contributed by atoms with Crippen molar-refractivity contribution in [1.82, 2.24) is 0 Å². The second-order valence-electron chi connectivity index (χ2n) is 7.17. The van der Waals surface area contributed by atoms with Crippen molar-refractivity contribution in [3.63, 3.8) is 0 Å². The molecule has 0 atom stereocenters. The smallest absolute Gasteiger partial charge is 0.360 e. The molecule has 182 valence electrons. The summed E-state index contributed by atoms with van der Waals surface area (Å²) in [6.07, 6.45) is 0. The van der Waals surface area contributed by atoms with Gasteiger partial charge in [-0.1, -0.05) is 58.4 Å². The summed E-state index contributed by atoms with van der Waals surface area (Å²) in [5.74, 6) is 1.06. The number of rotatable bonds is 8. The Bertz CT molecular complexity index is 1430. The highest BCUT2D eigenvalue weighted by molar-refractivity contribution is 9.10. The van der Waals surface area contributed by atoms with Gasteiger partial charge in [-0.15, -0.1) is 0 Å². The van der Waals surface area contributed by atoms with E-state index in [1.165, 1.54) is 30.0 Å². The number of primary sulfonamides is 1. The summed E-state index contributed by atoms with van der Waals surface area (Å²) in [4.78, 5) is -0.00701. The molecule has 0 amide bonds. The molecule has 0 aliphatic heterocycles. The van der Waals surface area contributed by atoms with Gasteiger partial charge in [0.2, 0.25) is 10.0 Å². The molecule has 0 unspecified atom stereocenters. The lowest BCUT2D eigenvalue weighted by atomic mass is 10.0. The molecule has 0 fully saturated rings. The van der Waals surface area contributed by atoms with Gasteiger partial charge in [0.1, 0.15) is 0 Å². The summed E-state index contributed by atoms with van der Waals surface area (Å²) in [7, 11) is -9.71. The minimum atomic E-state index is -5.84. The molecule has 0 saturated heterocycles. The quantitative estimate of drug-likeness (QED) is 0.318. The fraction of sp³-hybridized carbons (Fsp3) is 0.143. The molecule has 0 heterocycles. The minimum Gasteiger partial charge on any atom is -0.743 e. The first-order chi connectivity index (χ1) is 15.7. The molecular formula is C21H16Br2F2NO5S3-. The van der Waals surface area contributed by atoms with Crippen LogP contribution in [-0.2, 0) is 36.9 Å². The SMILES string of the molecule is NS(=O)(=O)c1cc(-c2ccc(CSCc3ccc(C(F)(F)S(=O)(=O)[O-])c(Br)c3)cc2)ccc1Br. The third kappa shape index (κ3) is 6.25. The fourth-order valence-electron chi connectivity index (χ4n) is 3.00. The van der Waals surface area contributed by atoms with Gasteiger partial charge in [0, 0.05) is 26.0 Å². The van der Waals surface area contributed by atoms with Crippen molar-refractivity contribution in [3.8, 4) is 11.1 Å². The molecule has 0 bridgehead atoms. The van der Waals surface area contributed by atoms with E-state index in [1.807, 2.05) is 24.3 Å². The number of sulfonamides is 1. The van der Waals surface area contributed by atoms with E-state index in [4.69, 9.17) is 5.14 Å². The summed E-state index contributed by atoms with van der Waals surface area (Å²) in [6.45, 7) is 0. The van der Waals surface area contributed by atoms with Gasteiger partial charge in [0.05, 0.1) is 4.90 Å². The van der Waals surface area contributed by atoms with Crippen LogP contribution >= 0.6 is 43.6 Å². The van der Waals surface area contributed by atoms with E-state index in [0.717, 1.165) is 17.2 Å². The molecule has 0 aliphatic rings. The van der Waals surface area contributed by atoms with Gasteiger partial charge in [-0.05, 0) is 56.4 Å². The number of benzene rings is 3. The van der Waals surface area contributed by atoms with Gasteiger partial charge < -0.3 is 4.55 Å². The zero-order chi connectivity index (χ0) is 25.3. The predicted octanol–water partition coefficient (Wildman–Crippen LogP) is 5.55. The highest BCUT2D eigenvalue weighted by Gasteiger charge is 2.41. The van der Waals surface area contributed by atoms with Crippen LogP contribution in [-0.4, -0.2) is 21.4 Å². The molecular weight excluding hydrogens is 640 g/mol. The summed E-state index contributed by atoms with van der Waals surface area (Å²) in [6, 6.07) is 16.0. The molecule has 0 aliphatic carbocycles. The standard InChI is InChI=1S/C21H17Br2F2NO5S3/c22-18-8-6-16(10-20(18)33(26,27)28)15-4-1-13(2-5-15)11-32-12-14-3-7-17(19(23)9-14)21(24,25)34(29,30)31/h1-10H,11-12H2,(H2,26,27,28)(H,29,30,31)/p-1.